The Morgan fingerprint density at radius 3 is 2.07 bits per heavy atom. The zero-order chi connectivity index (χ0) is 21.0. The molecule has 1 aliphatic rings. The third-order valence-corrected chi connectivity index (χ3v) is 5.53. The van der Waals surface area contributed by atoms with Crippen molar-refractivity contribution in [2.24, 2.45) is 0 Å². The third-order valence-electron chi connectivity index (χ3n) is 5.53. The van der Waals surface area contributed by atoms with Crippen LogP contribution in [0.1, 0.15) is 31.9 Å². The maximum absolute atomic E-state index is 12.8. The average molecular weight is 397 g/mol. The third kappa shape index (κ3) is 5.03. The van der Waals surface area contributed by atoms with Crippen LogP contribution >= 0.6 is 0 Å². The molecule has 0 bridgehead atoms. The van der Waals surface area contributed by atoms with E-state index in [2.05, 4.69) is 49.9 Å². The second-order valence-corrected chi connectivity index (χ2v) is 8.53. The molecule has 0 radical (unpaired) electrons. The molecule has 0 aromatic heterocycles. The maximum atomic E-state index is 12.8. The summed E-state index contributed by atoms with van der Waals surface area (Å²) in [5, 5.41) is 0. The first kappa shape index (κ1) is 21.0. The number of carbonyl (C=O) groups is 1. The molecule has 2 aromatic carbocycles. The summed E-state index contributed by atoms with van der Waals surface area (Å²) in [6.45, 7) is 9.87. The molecule has 1 aliphatic heterocycles. The van der Waals surface area contributed by atoms with Gasteiger partial charge in [-0.25, -0.2) is 0 Å². The molecule has 1 saturated heterocycles. The molecular weight excluding hydrogens is 364 g/mol. The van der Waals surface area contributed by atoms with Gasteiger partial charge in [0.1, 0.15) is 0 Å². The number of benzene rings is 2. The minimum absolute atomic E-state index is 0.153. The number of anilines is 1. The number of hydrogen-bond donors (Lipinski definition) is 0. The van der Waals surface area contributed by atoms with Crippen LogP contribution in [0.25, 0.3) is 0 Å². The van der Waals surface area contributed by atoms with Crippen molar-refractivity contribution >= 4 is 11.6 Å². The lowest BCUT2D eigenvalue weighted by Crippen LogP contribution is -2.49. The van der Waals surface area contributed by atoms with Crippen molar-refractivity contribution in [1.29, 1.82) is 0 Å². The van der Waals surface area contributed by atoms with Crippen LogP contribution in [0.3, 0.4) is 0 Å². The normalized spacial score (nSPS) is 14.7. The quantitative estimate of drug-likeness (QED) is 0.769. The number of carbonyl (C=O) groups excluding carboxylic acids is 1. The number of ether oxygens (including phenoxy) is 2. The summed E-state index contributed by atoms with van der Waals surface area (Å²) in [7, 11) is 3.22. The number of amides is 1. The van der Waals surface area contributed by atoms with Gasteiger partial charge < -0.3 is 19.3 Å². The van der Waals surface area contributed by atoms with Crippen molar-refractivity contribution in [3.8, 4) is 11.5 Å². The van der Waals surface area contributed by atoms with E-state index < -0.39 is 0 Å². The lowest BCUT2D eigenvalue weighted by Gasteiger charge is -2.36. The van der Waals surface area contributed by atoms with Crippen LogP contribution in [0.4, 0.5) is 5.69 Å². The highest BCUT2D eigenvalue weighted by atomic mass is 16.5. The van der Waals surface area contributed by atoms with Gasteiger partial charge in [-0.3, -0.25) is 4.79 Å². The summed E-state index contributed by atoms with van der Waals surface area (Å²) in [6.07, 6.45) is 0.376. The predicted octanol–water partition coefficient (Wildman–Crippen LogP) is 3.89. The van der Waals surface area contributed by atoms with E-state index in [0.29, 0.717) is 17.9 Å². The molecule has 1 amide bonds. The summed E-state index contributed by atoms with van der Waals surface area (Å²) in [6, 6.07) is 14.5. The van der Waals surface area contributed by atoms with E-state index in [4.69, 9.17) is 9.47 Å². The Morgan fingerprint density at radius 1 is 0.897 bits per heavy atom. The van der Waals surface area contributed by atoms with Crippen molar-refractivity contribution in [3.05, 3.63) is 53.6 Å². The van der Waals surface area contributed by atoms with Crippen LogP contribution in [0.15, 0.2) is 42.5 Å². The molecule has 0 aliphatic carbocycles. The lowest BCUT2D eigenvalue weighted by molar-refractivity contribution is -0.130. The van der Waals surface area contributed by atoms with Gasteiger partial charge >= 0.3 is 0 Å². The summed E-state index contributed by atoms with van der Waals surface area (Å²) in [5.74, 6) is 1.48. The van der Waals surface area contributed by atoms with Gasteiger partial charge in [-0.1, -0.05) is 39.0 Å². The Balaban J connectivity index is 1.57. The van der Waals surface area contributed by atoms with Crippen LogP contribution in [0.2, 0.25) is 0 Å². The molecule has 156 valence electrons. The monoisotopic (exact) mass is 396 g/mol. The topological polar surface area (TPSA) is 42.0 Å². The summed E-state index contributed by atoms with van der Waals surface area (Å²) in [4.78, 5) is 17.1. The predicted molar refractivity (Wildman–Crippen MR) is 117 cm³/mol. The highest BCUT2D eigenvalue weighted by molar-refractivity contribution is 5.79. The molecule has 2 aromatic rings. The summed E-state index contributed by atoms with van der Waals surface area (Å²) in [5.41, 5.74) is 3.66. The van der Waals surface area contributed by atoms with E-state index in [9.17, 15) is 4.79 Å². The second-order valence-electron chi connectivity index (χ2n) is 8.53. The van der Waals surface area contributed by atoms with Gasteiger partial charge in [0.15, 0.2) is 11.5 Å². The van der Waals surface area contributed by atoms with E-state index in [0.717, 1.165) is 31.7 Å². The number of hydrogen-bond acceptors (Lipinski definition) is 4. The van der Waals surface area contributed by atoms with E-state index in [1.54, 1.807) is 14.2 Å². The fourth-order valence-corrected chi connectivity index (χ4v) is 3.66. The van der Waals surface area contributed by atoms with E-state index in [1.165, 1.54) is 11.3 Å². The van der Waals surface area contributed by atoms with E-state index in [1.807, 2.05) is 23.1 Å². The number of piperazine rings is 1. The van der Waals surface area contributed by atoms with Gasteiger partial charge in [0.2, 0.25) is 5.91 Å². The largest absolute Gasteiger partial charge is 0.493 e. The fourth-order valence-electron chi connectivity index (χ4n) is 3.66. The number of methoxy groups -OCH3 is 2. The highest BCUT2D eigenvalue weighted by Gasteiger charge is 2.22. The smallest absolute Gasteiger partial charge is 0.227 e. The Hall–Kier alpha value is -2.69. The van der Waals surface area contributed by atoms with Crippen molar-refractivity contribution in [2.75, 3.05) is 45.3 Å². The van der Waals surface area contributed by atoms with Gasteiger partial charge in [0, 0.05) is 31.9 Å². The first-order valence-electron chi connectivity index (χ1n) is 10.2. The highest BCUT2D eigenvalue weighted by Crippen LogP contribution is 2.28. The standard InChI is InChI=1S/C24H32N2O3/c1-24(2,3)19-7-9-20(10-8-19)25-12-14-26(15-13-25)23(27)17-18-6-11-21(28-4)22(16-18)29-5/h6-11,16H,12-15,17H2,1-5H3. The lowest BCUT2D eigenvalue weighted by atomic mass is 9.87. The van der Waals surface area contributed by atoms with Gasteiger partial charge in [-0.05, 0) is 40.8 Å². The minimum Gasteiger partial charge on any atom is -0.493 e. The van der Waals surface area contributed by atoms with E-state index >= 15 is 0 Å². The first-order chi connectivity index (χ1) is 13.8. The number of nitrogens with zero attached hydrogens (tertiary/aromatic N) is 2. The molecule has 1 heterocycles. The van der Waals surface area contributed by atoms with Crippen LogP contribution in [-0.4, -0.2) is 51.2 Å². The first-order valence-corrected chi connectivity index (χ1v) is 10.2. The minimum atomic E-state index is 0.153. The molecule has 29 heavy (non-hydrogen) atoms. The zero-order valence-corrected chi connectivity index (χ0v) is 18.2. The molecule has 0 atom stereocenters. The number of rotatable bonds is 5. The second kappa shape index (κ2) is 8.76. The van der Waals surface area contributed by atoms with Crippen LogP contribution in [-0.2, 0) is 16.6 Å². The Kier molecular flexibility index (Phi) is 6.36. The molecule has 5 nitrogen and oxygen atoms in total. The SMILES string of the molecule is COc1ccc(CC(=O)N2CCN(c3ccc(C(C)(C)C)cc3)CC2)cc1OC. The van der Waals surface area contributed by atoms with Gasteiger partial charge in [-0.15, -0.1) is 0 Å². The van der Waals surface area contributed by atoms with Crippen molar-refractivity contribution in [1.82, 2.24) is 4.90 Å². The van der Waals surface area contributed by atoms with Crippen molar-refractivity contribution in [2.45, 2.75) is 32.6 Å². The Morgan fingerprint density at radius 2 is 1.52 bits per heavy atom. The zero-order valence-electron chi connectivity index (χ0n) is 18.2. The molecular formula is C24H32N2O3. The molecule has 5 heteroatoms. The maximum Gasteiger partial charge on any atom is 0.227 e. The van der Waals surface area contributed by atoms with Crippen LogP contribution in [0, 0.1) is 0 Å². The molecule has 1 fully saturated rings. The van der Waals surface area contributed by atoms with Gasteiger partial charge in [0.25, 0.3) is 0 Å². The van der Waals surface area contributed by atoms with Crippen LogP contribution < -0.4 is 14.4 Å². The molecule has 0 unspecified atom stereocenters. The van der Waals surface area contributed by atoms with Gasteiger partial charge in [0.05, 0.1) is 20.6 Å². The van der Waals surface area contributed by atoms with Gasteiger partial charge in [-0.2, -0.15) is 0 Å². The molecule has 0 saturated carbocycles. The summed E-state index contributed by atoms with van der Waals surface area (Å²) < 4.78 is 10.6. The molecule has 0 N–H and O–H groups in total. The van der Waals surface area contributed by atoms with Crippen molar-refractivity contribution in [3.63, 3.8) is 0 Å². The fraction of sp³-hybridized carbons (Fsp3) is 0.458. The van der Waals surface area contributed by atoms with Crippen molar-refractivity contribution < 1.29 is 14.3 Å². The molecule has 3 rings (SSSR count). The Bertz CT molecular complexity index is 832. The molecule has 0 spiro atoms. The van der Waals surface area contributed by atoms with Crippen LogP contribution in [0.5, 0.6) is 11.5 Å². The average Bonchev–Trinajstić information content (AvgIpc) is 2.73. The summed E-state index contributed by atoms with van der Waals surface area (Å²) >= 11 is 0. The van der Waals surface area contributed by atoms with E-state index in [-0.39, 0.29) is 11.3 Å². The Labute approximate surface area is 174 Å².